The van der Waals surface area contributed by atoms with E-state index in [1.165, 1.54) is 11.4 Å². The Morgan fingerprint density at radius 2 is 2.20 bits per heavy atom. The molecule has 7 heteroatoms. The summed E-state index contributed by atoms with van der Waals surface area (Å²) in [6.07, 6.45) is 1.97. The molecule has 3 N–H and O–H groups in total. The van der Waals surface area contributed by atoms with Crippen molar-refractivity contribution in [2.45, 2.75) is 19.8 Å². The standard InChI is InChI=1S/C13H21N3O3S/c1-10-4-3-7-16(9-10)20(17,18)15-11-5-6-12(14)13(8-11)19-2/h5-6,8,10,15H,3-4,7,9,14H2,1-2H3. The molecule has 1 aromatic carbocycles. The molecule has 1 aliphatic rings. The Morgan fingerprint density at radius 3 is 2.85 bits per heavy atom. The highest BCUT2D eigenvalue weighted by Gasteiger charge is 2.27. The molecule has 0 radical (unpaired) electrons. The lowest BCUT2D eigenvalue weighted by Crippen LogP contribution is -2.42. The van der Waals surface area contributed by atoms with Crippen LogP contribution in [0.1, 0.15) is 19.8 Å². The molecule has 1 aromatic rings. The Morgan fingerprint density at radius 1 is 1.45 bits per heavy atom. The van der Waals surface area contributed by atoms with Gasteiger partial charge in [-0.05, 0) is 30.9 Å². The van der Waals surface area contributed by atoms with Crippen LogP contribution in [0.2, 0.25) is 0 Å². The predicted octanol–water partition coefficient (Wildman–Crippen LogP) is 1.67. The van der Waals surface area contributed by atoms with Crippen LogP contribution in [-0.4, -0.2) is 32.9 Å². The van der Waals surface area contributed by atoms with Crippen LogP contribution in [-0.2, 0) is 10.2 Å². The molecule has 1 atom stereocenters. The van der Waals surface area contributed by atoms with E-state index in [4.69, 9.17) is 10.5 Å². The summed E-state index contributed by atoms with van der Waals surface area (Å²) < 4.78 is 33.8. The van der Waals surface area contributed by atoms with Gasteiger partial charge in [0.15, 0.2) is 0 Å². The number of rotatable bonds is 4. The molecule has 0 amide bonds. The summed E-state index contributed by atoms with van der Waals surface area (Å²) in [5, 5.41) is 0. The topological polar surface area (TPSA) is 84.7 Å². The molecule has 1 unspecified atom stereocenters. The fourth-order valence-corrected chi connectivity index (χ4v) is 3.73. The van der Waals surface area contributed by atoms with E-state index in [-0.39, 0.29) is 0 Å². The molecular weight excluding hydrogens is 278 g/mol. The number of nitrogens with two attached hydrogens (primary N) is 1. The van der Waals surface area contributed by atoms with Crippen LogP contribution in [0.5, 0.6) is 5.75 Å². The molecule has 0 aromatic heterocycles. The van der Waals surface area contributed by atoms with E-state index in [1.54, 1.807) is 18.2 Å². The van der Waals surface area contributed by atoms with Gasteiger partial charge >= 0.3 is 10.2 Å². The van der Waals surface area contributed by atoms with Gasteiger partial charge < -0.3 is 10.5 Å². The number of nitrogens with zero attached hydrogens (tertiary/aromatic N) is 1. The van der Waals surface area contributed by atoms with Gasteiger partial charge in [0.05, 0.1) is 18.5 Å². The van der Waals surface area contributed by atoms with Gasteiger partial charge in [-0.3, -0.25) is 4.72 Å². The number of nitrogens with one attached hydrogen (secondary N) is 1. The molecule has 0 saturated carbocycles. The van der Waals surface area contributed by atoms with Crippen molar-refractivity contribution in [1.29, 1.82) is 0 Å². The lowest BCUT2D eigenvalue weighted by atomic mass is 10.0. The van der Waals surface area contributed by atoms with Crippen LogP contribution in [0.15, 0.2) is 18.2 Å². The van der Waals surface area contributed by atoms with Crippen molar-refractivity contribution >= 4 is 21.6 Å². The first-order valence-corrected chi connectivity index (χ1v) is 8.08. The second-order valence-electron chi connectivity index (χ2n) is 5.17. The summed E-state index contributed by atoms with van der Waals surface area (Å²) in [4.78, 5) is 0. The highest BCUT2D eigenvalue weighted by molar-refractivity contribution is 7.90. The van der Waals surface area contributed by atoms with Crippen LogP contribution in [0.4, 0.5) is 11.4 Å². The summed E-state index contributed by atoms with van der Waals surface area (Å²) in [7, 11) is -2.02. The van der Waals surface area contributed by atoms with E-state index < -0.39 is 10.2 Å². The van der Waals surface area contributed by atoms with Gasteiger partial charge in [-0.1, -0.05) is 6.92 Å². The molecule has 1 aliphatic heterocycles. The van der Waals surface area contributed by atoms with Crippen LogP contribution < -0.4 is 15.2 Å². The second-order valence-corrected chi connectivity index (χ2v) is 6.84. The monoisotopic (exact) mass is 299 g/mol. The number of hydrogen-bond donors (Lipinski definition) is 2. The van der Waals surface area contributed by atoms with E-state index in [2.05, 4.69) is 11.6 Å². The lowest BCUT2D eigenvalue weighted by molar-refractivity contribution is 0.282. The lowest BCUT2D eigenvalue weighted by Gasteiger charge is -2.30. The van der Waals surface area contributed by atoms with Gasteiger partial charge in [0.1, 0.15) is 5.75 Å². The third-order valence-corrected chi connectivity index (χ3v) is 4.95. The van der Waals surface area contributed by atoms with Gasteiger partial charge in [-0.15, -0.1) is 0 Å². The second kappa shape index (κ2) is 5.88. The number of hydrogen-bond acceptors (Lipinski definition) is 4. The number of methoxy groups -OCH3 is 1. The Balaban J connectivity index is 2.15. The molecule has 1 heterocycles. The molecule has 0 bridgehead atoms. The van der Waals surface area contributed by atoms with Crippen LogP contribution >= 0.6 is 0 Å². The van der Waals surface area contributed by atoms with Crippen molar-refractivity contribution in [1.82, 2.24) is 4.31 Å². The predicted molar refractivity (Wildman–Crippen MR) is 79.9 cm³/mol. The van der Waals surface area contributed by atoms with Crippen molar-refractivity contribution in [3.05, 3.63) is 18.2 Å². The average Bonchev–Trinajstić information content (AvgIpc) is 2.40. The first kappa shape index (κ1) is 14.9. The van der Waals surface area contributed by atoms with Crippen molar-refractivity contribution in [3.63, 3.8) is 0 Å². The van der Waals surface area contributed by atoms with Crippen molar-refractivity contribution < 1.29 is 13.2 Å². The smallest absolute Gasteiger partial charge is 0.301 e. The molecule has 0 aliphatic carbocycles. The van der Waals surface area contributed by atoms with Crippen molar-refractivity contribution in [2.75, 3.05) is 30.7 Å². The first-order chi connectivity index (χ1) is 9.42. The molecule has 2 rings (SSSR count). The Labute approximate surface area is 120 Å². The van der Waals surface area contributed by atoms with Gasteiger partial charge in [0.25, 0.3) is 0 Å². The molecule has 0 spiro atoms. The van der Waals surface area contributed by atoms with E-state index in [9.17, 15) is 8.42 Å². The molecule has 112 valence electrons. The summed E-state index contributed by atoms with van der Waals surface area (Å²) in [5.74, 6) is 0.846. The maximum Gasteiger partial charge on any atom is 0.301 e. The fraction of sp³-hybridized carbons (Fsp3) is 0.538. The number of benzene rings is 1. The molecule has 1 fully saturated rings. The average molecular weight is 299 g/mol. The van der Waals surface area contributed by atoms with Crippen molar-refractivity contribution in [3.8, 4) is 5.75 Å². The van der Waals surface area contributed by atoms with E-state index in [0.29, 0.717) is 36.1 Å². The van der Waals surface area contributed by atoms with Crippen LogP contribution in [0.25, 0.3) is 0 Å². The summed E-state index contributed by atoms with van der Waals surface area (Å²) in [6, 6.07) is 4.83. The fourth-order valence-electron chi connectivity index (χ4n) is 2.35. The Bertz CT molecular complexity index is 574. The third kappa shape index (κ3) is 3.34. The molecule has 1 saturated heterocycles. The molecular formula is C13H21N3O3S. The molecule has 20 heavy (non-hydrogen) atoms. The normalized spacial score (nSPS) is 20.6. The minimum atomic E-state index is -3.52. The van der Waals surface area contributed by atoms with Gasteiger partial charge in [0.2, 0.25) is 0 Å². The van der Waals surface area contributed by atoms with E-state index >= 15 is 0 Å². The maximum atomic E-state index is 12.3. The highest BCUT2D eigenvalue weighted by atomic mass is 32.2. The maximum absolute atomic E-state index is 12.3. The zero-order chi connectivity index (χ0) is 14.8. The summed E-state index contributed by atoms with van der Waals surface area (Å²) >= 11 is 0. The highest BCUT2D eigenvalue weighted by Crippen LogP contribution is 2.26. The van der Waals surface area contributed by atoms with Gasteiger partial charge in [-0.2, -0.15) is 12.7 Å². The van der Waals surface area contributed by atoms with Gasteiger partial charge in [-0.25, -0.2) is 0 Å². The molecule has 6 nitrogen and oxygen atoms in total. The summed E-state index contributed by atoms with van der Waals surface area (Å²) in [6.45, 7) is 3.18. The van der Waals surface area contributed by atoms with E-state index in [0.717, 1.165) is 12.8 Å². The van der Waals surface area contributed by atoms with Crippen LogP contribution in [0, 0.1) is 5.92 Å². The quantitative estimate of drug-likeness (QED) is 0.828. The summed E-state index contributed by atoms with van der Waals surface area (Å²) in [5.41, 5.74) is 6.64. The van der Waals surface area contributed by atoms with Crippen LogP contribution in [0.3, 0.4) is 0 Å². The number of anilines is 2. The zero-order valence-corrected chi connectivity index (χ0v) is 12.6. The zero-order valence-electron chi connectivity index (χ0n) is 11.8. The van der Waals surface area contributed by atoms with Gasteiger partial charge in [0, 0.05) is 19.2 Å². The first-order valence-electron chi connectivity index (χ1n) is 6.64. The largest absolute Gasteiger partial charge is 0.495 e. The Kier molecular flexibility index (Phi) is 4.39. The number of nitrogen functional groups attached to an aromatic ring is 1. The number of piperidine rings is 1. The Hall–Kier alpha value is -1.47. The minimum absolute atomic E-state index is 0.390. The van der Waals surface area contributed by atoms with E-state index in [1.807, 2.05) is 0 Å². The third-order valence-electron chi connectivity index (χ3n) is 3.44. The van der Waals surface area contributed by atoms with Crippen molar-refractivity contribution in [2.24, 2.45) is 5.92 Å². The SMILES string of the molecule is COc1cc(NS(=O)(=O)N2CCCC(C)C2)ccc1N. The minimum Gasteiger partial charge on any atom is -0.495 e. The number of ether oxygens (including phenoxy) is 1.